The van der Waals surface area contributed by atoms with E-state index >= 15 is 0 Å². The minimum absolute atomic E-state index is 0. The molecule has 2 N–H and O–H groups in total. The summed E-state index contributed by atoms with van der Waals surface area (Å²) in [5.74, 6) is 0. The van der Waals surface area contributed by atoms with Crippen LogP contribution in [0, 0.1) is 0 Å². The third-order valence-corrected chi connectivity index (χ3v) is 0.270. The van der Waals surface area contributed by atoms with Crippen LogP contribution in [0.3, 0.4) is 0 Å². The Balaban J connectivity index is 0. The van der Waals surface area contributed by atoms with Gasteiger partial charge in [-0.25, -0.2) is 4.57 Å². The summed E-state index contributed by atoms with van der Waals surface area (Å²) >= 11 is 0. The largest absolute Gasteiger partial charge is 0.500 e. The maximum atomic E-state index is 10.2. The molecule has 42 valence electrons. The van der Waals surface area contributed by atoms with E-state index in [0.717, 1.165) is 0 Å². The molecule has 7 heteroatoms. The third-order valence-electron chi connectivity index (χ3n) is 0.0899. The Bertz CT molecular complexity index is 75.8. The van der Waals surface area contributed by atoms with Crippen molar-refractivity contribution < 1.29 is 45.3 Å². The summed E-state index contributed by atoms with van der Waals surface area (Å²) in [6, 6.07) is 0. The molecule has 0 aliphatic rings. The van der Waals surface area contributed by atoms with Gasteiger partial charge in [0.1, 0.15) is 0 Å². The molecular formula is H2FO4PTi. The summed E-state index contributed by atoms with van der Waals surface area (Å²) in [6.07, 6.45) is 0. The predicted octanol–water partition coefficient (Wildman–Crippen LogP) is -0.0223. The van der Waals surface area contributed by atoms with Crippen molar-refractivity contribution in [1.29, 1.82) is 0 Å². The molecule has 0 rings (SSSR count). The molecule has 0 aliphatic carbocycles. The Morgan fingerprint density at radius 3 is 1.71 bits per heavy atom. The van der Waals surface area contributed by atoms with E-state index in [4.69, 9.17) is 14.4 Å². The molecule has 0 spiro atoms. The normalized spacial score (nSPS) is 10.1. The van der Waals surface area contributed by atoms with E-state index in [0.29, 0.717) is 0 Å². The van der Waals surface area contributed by atoms with Gasteiger partial charge in [-0.2, -0.15) is 0 Å². The van der Waals surface area contributed by atoms with Crippen molar-refractivity contribution in [3.05, 3.63) is 0 Å². The minimum atomic E-state index is -4.81. The van der Waals surface area contributed by atoms with Crippen LogP contribution in [-0.4, -0.2) is 9.79 Å². The van der Waals surface area contributed by atoms with Gasteiger partial charge in [-0.05, 0) is 4.53 Å². The Morgan fingerprint density at radius 2 is 1.71 bits per heavy atom. The molecule has 0 atom stereocenters. The average molecular weight is 164 g/mol. The molecule has 0 unspecified atom stereocenters. The van der Waals surface area contributed by atoms with Crippen molar-refractivity contribution in [2.45, 2.75) is 0 Å². The Morgan fingerprint density at radius 1 is 1.57 bits per heavy atom. The monoisotopic (exact) mass is 164 g/mol. The number of hydrogen-bond acceptors (Lipinski definition) is 2. The van der Waals surface area contributed by atoms with Crippen LogP contribution in [-0.2, 0) is 31.0 Å². The van der Waals surface area contributed by atoms with Gasteiger partial charge in [-0.3, -0.25) is 0 Å². The van der Waals surface area contributed by atoms with Gasteiger partial charge in [0.15, 0.2) is 0 Å². The van der Waals surface area contributed by atoms with Crippen molar-refractivity contribution in [2.75, 3.05) is 0 Å². The second kappa shape index (κ2) is 3.72. The number of rotatable bonds is 1. The van der Waals surface area contributed by atoms with Crippen LogP contribution in [0.4, 0.5) is 4.53 Å². The fourth-order valence-electron chi connectivity index (χ4n) is 0. The quantitative estimate of drug-likeness (QED) is 0.422. The van der Waals surface area contributed by atoms with Crippen molar-refractivity contribution in [1.82, 2.24) is 0 Å². The van der Waals surface area contributed by atoms with Crippen molar-refractivity contribution in [2.24, 2.45) is 0 Å². The summed E-state index contributed by atoms with van der Waals surface area (Å²) in [4.78, 5) is 14.7. The zero-order valence-corrected chi connectivity index (χ0v) is 5.49. The molecule has 0 bridgehead atoms. The second-order valence-electron chi connectivity index (χ2n) is 0.560. The van der Waals surface area contributed by atoms with E-state index in [1.165, 1.54) is 0 Å². The summed E-state index contributed by atoms with van der Waals surface area (Å²) in [5.41, 5.74) is 0. The average Bonchev–Trinajstić information content (AvgIpc) is 1.35. The molecular weight excluding hydrogens is 162 g/mol. The Hall–Kier alpha value is 0.754. The summed E-state index contributed by atoms with van der Waals surface area (Å²) < 4.78 is 21.4. The molecule has 7 heavy (non-hydrogen) atoms. The number of halogens is 1. The maximum absolute atomic E-state index is 10.2. The first kappa shape index (κ1) is 10.7. The van der Waals surface area contributed by atoms with Gasteiger partial charge in [-0.15, -0.1) is 0 Å². The van der Waals surface area contributed by atoms with Crippen LogP contribution >= 0.6 is 7.82 Å². The molecule has 0 radical (unpaired) electrons. The van der Waals surface area contributed by atoms with Crippen molar-refractivity contribution in [3.8, 4) is 0 Å². The molecule has 4 nitrogen and oxygen atoms in total. The van der Waals surface area contributed by atoms with Crippen LogP contribution in [0.25, 0.3) is 0 Å². The Kier molecular flexibility index (Phi) is 5.68. The molecule has 0 amide bonds. The summed E-state index contributed by atoms with van der Waals surface area (Å²) in [6.45, 7) is 0. The third kappa shape index (κ3) is 10.8. The zero-order valence-electron chi connectivity index (χ0n) is 3.04. The number of phosphoric acid groups is 1. The van der Waals surface area contributed by atoms with Crippen LogP contribution in [0.5, 0.6) is 0 Å². The first-order chi connectivity index (χ1) is 2.56. The van der Waals surface area contributed by atoms with Crippen molar-refractivity contribution >= 4 is 7.82 Å². The van der Waals surface area contributed by atoms with Crippen LogP contribution < -0.4 is 0 Å². The van der Waals surface area contributed by atoms with Crippen LogP contribution in [0.2, 0.25) is 0 Å². The summed E-state index contributed by atoms with van der Waals surface area (Å²) in [5, 5.41) is 0. The minimum Gasteiger partial charge on any atom is -0.301 e. The zero-order chi connectivity index (χ0) is 5.21. The molecule has 0 saturated heterocycles. The molecule has 0 fully saturated rings. The topological polar surface area (TPSA) is 66.8 Å². The smallest absolute Gasteiger partial charge is 0.301 e. The SMILES string of the molecule is O=P(O)(O)OF.[Ti]. The first-order valence-electron chi connectivity index (χ1n) is 0.919. The molecule has 0 aliphatic heterocycles. The van der Waals surface area contributed by atoms with Gasteiger partial charge < -0.3 is 9.79 Å². The Labute approximate surface area is 53.7 Å². The number of hydrogen-bond donors (Lipinski definition) is 2. The van der Waals surface area contributed by atoms with Gasteiger partial charge in [0.05, 0.1) is 0 Å². The fraction of sp³-hybridized carbons (Fsp3) is 0. The standard InChI is InChI=1S/FH2O4P.Ti/c1-5-6(2,3)4;/h(H2,2,3,4);. The van der Waals surface area contributed by atoms with Crippen molar-refractivity contribution in [3.63, 3.8) is 0 Å². The van der Waals surface area contributed by atoms with E-state index in [2.05, 4.69) is 4.73 Å². The first-order valence-corrected chi connectivity index (χ1v) is 2.45. The molecule has 0 aromatic heterocycles. The van der Waals surface area contributed by atoms with Gasteiger partial charge in [-0.1, -0.05) is 4.73 Å². The van der Waals surface area contributed by atoms with Gasteiger partial charge in [0.25, 0.3) is 0 Å². The van der Waals surface area contributed by atoms with Crippen LogP contribution in [0.15, 0.2) is 0 Å². The van der Waals surface area contributed by atoms with Crippen LogP contribution in [0.1, 0.15) is 0 Å². The predicted molar refractivity (Wildman–Crippen MR) is 14.2 cm³/mol. The summed E-state index contributed by atoms with van der Waals surface area (Å²) in [7, 11) is -4.81. The second-order valence-corrected chi connectivity index (χ2v) is 1.68. The van der Waals surface area contributed by atoms with E-state index in [1.54, 1.807) is 0 Å². The van der Waals surface area contributed by atoms with E-state index in [1.807, 2.05) is 0 Å². The van der Waals surface area contributed by atoms with Gasteiger partial charge in [0, 0.05) is 21.7 Å². The van der Waals surface area contributed by atoms with E-state index < -0.39 is 7.82 Å². The fourth-order valence-corrected chi connectivity index (χ4v) is 0. The van der Waals surface area contributed by atoms with Gasteiger partial charge in [0.2, 0.25) is 0 Å². The molecule has 0 aromatic rings. The molecule has 0 heterocycles. The van der Waals surface area contributed by atoms with E-state index in [9.17, 15) is 4.53 Å². The van der Waals surface area contributed by atoms with E-state index in [-0.39, 0.29) is 21.7 Å². The maximum Gasteiger partial charge on any atom is 0.500 e. The van der Waals surface area contributed by atoms with Gasteiger partial charge >= 0.3 is 7.82 Å². The molecule has 0 saturated carbocycles. The molecule has 0 aromatic carbocycles.